The Bertz CT molecular complexity index is 1290. The lowest BCUT2D eigenvalue weighted by Gasteiger charge is -2.22. The van der Waals surface area contributed by atoms with Crippen LogP contribution in [0.3, 0.4) is 0 Å². The molecule has 0 bridgehead atoms. The Morgan fingerprint density at radius 2 is 1.56 bits per heavy atom. The van der Waals surface area contributed by atoms with Gasteiger partial charge in [-0.15, -0.1) is 0 Å². The van der Waals surface area contributed by atoms with Gasteiger partial charge in [0.2, 0.25) is 0 Å². The first-order chi connectivity index (χ1) is 16.7. The second-order valence-electron chi connectivity index (χ2n) is 10.0. The molecule has 1 heterocycles. The summed E-state index contributed by atoms with van der Waals surface area (Å²) in [5, 5.41) is 0. The van der Waals surface area contributed by atoms with Crippen molar-refractivity contribution < 1.29 is 33.3 Å². The molecule has 10 heteroatoms. The fraction of sp³-hybridized carbons (Fsp3) is 0.385. The summed E-state index contributed by atoms with van der Waals surface area (Å²) in [5.74, 6) is -0.730. The maximum absolute atomic E-state index is 13.5. The number of halogens is 1. The van der Waals surface area contributed by atoms with E-state index >= 15 is 0 Å². The third-order valence-electron chi connectivity index (χ3n) is 4.57. The number of alkyl halides is 1. The average molecular weight is 561 g/mol. The number of carbonyl (C=O) groups excluding carboxylic acids is 3. The minimum atomic E-state index is -1.06. The number of esters is 1. The number of fused-ring (bicyclic) bond motifs is 1. The zero-order valence-electron chi connectivity index (χ0n) is 21.2. The van der Waals surface area contributed by atoms with E-state index in [1.165, 1.54) is 6.33 Å². The summed E-state index contributed by atoms with van der Waals surface area (Å²) < 4.78 is 23.1. The van der Waals surface area contributed by atoms with E-state index in [4.69, 9.17) is 18.9 Å². The van der Waals surface area contributed by atoms with Gasteiger partial charge in [0.1, 0.15) is 34.4 Å². The van der Waals surface area contributed by atoms with Crippen LogP contribution in [0.5, 0.6) is 11.5 Å². The van der Waals surface area contributed by atoms with Gasteiger partial charge in [0.25, 0.3) is 0 Å². The molecule has 3 rings (SSSR count). The molecule has 0 aliphatic carbocycles. The van der Waals surface area contributed by atoms with Crippen LogP contribution in [0.25, 0.3) is 11.0 Å². The van der Waals surface area contributed by atoms with E-state index in [0.29, 0.717) is 16.8 Å². The van der Waals surface area contributed by atoms with Gasteiger partial charge in [0, 0.05) is 4.83 Å². The van der Waals surface area contributed by atoms with Gasteiger partial charge in [-0.25, -0.2) is 23.9 Å². The Hall–Kier alpha value is -3.40. The van der Waals surface area contributed by atoms with Gasteiger partial charge in [0.05, 0.1) is 5.52 Å². The Balaban J connectivity index is 2.26. The number of ether oxygens (including phenoxy) is 4. The van der Waals surface area contributed by atoms with Crippen molar-refractivity contribution in [3.8, 4) is 11.5 Å². The molecule has 0 amide bonds. The molecule has 0 spiro atoms. The predicted molar refractivity (Wildman–Crippen MR) is 137 cm³/mol. The highest BCUT2D eigenvalue weighted by Gasteiger charge is 2.32. The minimum absolute atomic E-state index is 0.0621. The van der Waals surface area contributed by atoms with E-state index in [2.05, 4.69) is 20.9 Å². The Morgan fingerprint density at radius 1 is 0.944 bits per heavy atom. The van der Waals surface area contributed by atoms with E-state index < -0.39 is 29.4 Å². The van der Waals surface area contributed by atoms with Crippen molar-refractivity contribution in [3.05, 3.63) is 53.9 Å². The van der Waals surface area contributed by atoms with E-state index in [9.17, 15) is 14.4 Å². The van der Waals surface area contributed by atoms with Crippen LogP contribution in [0.15, 0.2) is 42.7 Å². The number of imidazole rings is 1. The van der Waals surface area contributed by atoms with Gasteiger partial charge in [-0.3, -0.25) is 0 Å². The number of benzene rings is 2. The van der Waals surface area contributed by atoms with Crippen molar-refractivity contribution in [1.29, 1.82) is 0 Å². The molecule has 36 heavy (non-hydrogen) atoms. The predicted octanol–water partition coefficient (Wildman–Crippen LogP) is 6.81. The molecule has 1 atom stereocenters. The van der Waals surface area contributed by atoms with Gasteiger partial charge in [0.15, 0.2) is 5.75 Å². The van der Waals surface area contributed by atoms with Crippen LogP contribution in [0.1, 0.15) is 69.2 Å². The summed E-state index contributed by atoms with van der Waals surface area (Å²) >= 11 is 3.49. The van der Waals surface area contributed by atoms with Crippen molar-refractivity contribution >= 4 is 45.2 Å². The Kier molecular flexibility index (Phi) is 7.78. The molecular weight excluding hydrogens is 532 g/mol. The fourth-order valence-electron chi connectivity index (χ4n) is 3.24. The third-order valence-corrected chi connectivity index (χ3v) is 5.06. The highest BCUT2D eigenvalue weighted by atomic mass is 79.9. The van der Waals surface area contributed by atoms with Gasteiger partial charge >= 0.3 is 18.2 Å². The minimum Gasteiger partial charge on any atom is -0.443 e. The van der Waals surface area contributed by atoms with Crippen LogP contribution >= 0.6 is 15.9 Å². The maximum Gasteiger partial charge on any atom is 0.514 e. The molecule has 3 aromatic rings. The molecule has 0 saturated carbocycles. The van der Waals surface area contributed by atoms with E-state index in [-0.39, 0.29) is 21.7 Å². The molecule has 0 N–H and O–H groups in total. The smallest absolute Gasteiger partial charge is 0.443 e. The standard InChI is InChI=1S/C26H29BrN2O7/c1-15(27)17-13-18-20(29(14-28-18)23(31)35-25(2,3)4)21(34-24(32)36-26(5,6)7)19(17)22(30)33-16-11-9-8-10-12-16/h8-15H,1-7H3. The SMILES string of the molecule is CC(Br)c1cc2ncn(C(=O)OC(C)(C)C)c2c(OC(=O)OC(C)(C)C)c1C(=O)Oc1ccccc1. The molecule has 2 aromatic carbocycles. The molecule has 0 aliphatic rings. The second-order valence-corrected chi connectivity index (χ2v) is 11.4. The van der Waals surface area contributed by atoms with Crippen LogP contribution in [-0.4, -0.2) is 39.0 Å². The summed E-state index contributed by atoms with van der Waals surface area (Å²) in [6.45, 7) is 12.0. The topological polar surface area (TPSA) is 106 Å². The Morgan fingerprint density at radius 3 is 2.11 bits per heavy atom. The third kappa shape index (κ3) is 6.63. The molecular formula is C26H29BrN2O7. The molecule has 1 unspecified atom stereocenters. The number of para-hydroxylation sites is 1. The lowest BCUT2D eigenvalue weighted by molar-refractivity contribution is 0.0204. The molecule has 1 aromatic heterocycles. The summed E-state index contributed by atoms with van der Waals surface area (Å²) in [6.07, 6.45) is -0.578. The number of hydrogen-bond acceptors (Lipinski definition) is 8. The van der Waals surface area contributed by atoms with Crippen LogP contribution in [0.4, 0.5) is 9.59 Å². The number of hydrogen-bond donors (Lipinski definition) is 0. The highest BCUT2D eigenvalue weighted by molar-refractivity contribution is 9.09. The van der Waals surface area contributed by atoms with Crippen molar-refractivity contribution in [2.75, 3.05) is 0 Å². The van der Waals surface area contributed by atoms with E-state index in [0.717, 1.165) is 4.57 Å². The number of aromatic nitrogens is 2. The lowest BCUT2D eigenvalue weighted by Crippen LogP contribution is -2.28. The van der Waals surface area contributed by atoms with Crippen molar-refractivity contribution in [2.24, 2.45) is 0 Å². The summed E-state index contributed by atoms with van der Waals surface area (Å²) in [4.78, 5) is 43.2. The molecule has 0 saturated heterocycles. The van der Waals surface area contributed by atoms with E-state index in [1.54, 1.807) is 84.9 Å². The first-order valence-corrected chi connectivity index (χ1v) is 12.2. The van der Waals surface area contributed by atoms with Crippen LogP contribution in [0, 0.1) is 0 Å². The fourth-order valence-corrected chi connectivity index (χ4v) is 3.60. The van der Waals surface area contributed by atoms with E-state index in [1.807, 2.05) is 0 Å². The van der Waals surface area contributed by atoms with Crippen molar-refractivity contribution in [3.63, 3.8) is 0 Å². The Labute approximate surface area is 217 Å². The van der Waals surface area contributed by atoms with Crippen LogP contribution < -0.4 is 9.47 Å². The summed E-state index contributed by atoms with van der Waals surface area (Å²) in [6, 6.07) is 10.1. The largest absolute Gasteiger partial charge is 0.514 e. The van der Waals surface area contributed by atoms with Crippen LogP contribution in [-0.2, 0) is 9.47 Å². The van der Waals surface area contributed by atoms with Gasteiger partial charge in [-0.05, 0) is 72.2 Å². The zero-order valence-corrected chi connectivity index (χ0v) is 22.8. The second kappa shape index (κ2) is 10.3. The lowest BCUT2D eigenvalue weighted by atomic mass is 10.0. The molecule has 0 fully saturated rings. The number of nitrogens with zero attached hydrogens (tertiary/aromatic N) is 2. The number of rotatable bonds is 4. The summed E-state index contributed by atoms with van der Waals surface area (Å²) in [7, 11) is 0. The quantitative estimate of drug-likeness (QED) is 0.148. The monoisotopic (exact) mass is 560 g/mol. The molecule has 0 radical (unpaired) electrons. The number of carbonyl (C=O) groups is 3. The first-order valence-electron chi connectivity index (χ1n) is 11.3. The van der Waals surface area contributed by atoms with Crippen LogP contribution in [0.2, 0.25) is 0 Å². The normalized spacial score (nSPS) is 12.7. The van der Waals surface area contributed by atoms with Gasteiger partial charge in [-0.2, -0.15) is 0 Å². The maximum atomic E-state index is 13.5. The summed E-state index contributed by atoms with van der Waals surface area (Å²) in [5.41, 5.74) is -0.932. The molecule has 192 valence electrons. The van der Waals surface area contributed by atoms with Crippen molar-refractivity contribution in [1.82, 2.24) is 9.55 Å². The average Bonchev–Trinajstić information content (AvgIpc) is 3.16. The highest BCUT2D eigenvalue weighted by Crippen LogP contribution is 2.39. The van der Waals surface area contributed by atoms with Gasteiger partial charge < -0.3 is 18.9 Å². The molecule has 0 aliphatic heterocycles. The van der Waals surface area contributed by atoms with Crippen molar-refractivity contribution in [2.45, 2.75) is 64.5 Å². The first kappa shape index (κ1) is 27.2. The molecule has 9 nitrogen and oxygen atoms in total. The van der Waals surface area contributed by atoms with Gasteiger partial charge in [-0.1, -0.05) is 34.1 Å². The zero-order chi connectivity index (χ0) is 26.8.